The molecule has 0 saturated carbocycles. The predicted octanol–water partition coefficient (Wildman–Crippen LogP) is 11.0. The van der Waals surface area contributed by atoms with Crippen molar-refractivity contribution in [3.05, 3.63) is 164 Å². The van der Waals surface area contributed by atoms with Gasteiger partial charge in [0.1, 0.15) is 0 Å². The number of fused-ring (bicyclic) bond motifs is 8. The molecular weight excluding hydrogens is 617 g/mol. The molecule has 0 aliphatic carbocycles. The Bertz CT molecular complexity index is 2820. The molecule has 0 unspecified atom stereocenters. The minimum Gasteiger partial charge on any atom is -0.208 e. The molecule has 4 nitrogen and oxygen atoms in total. The Kier molecular flexibility index (Phi) is 6.32. The molecule has 0 atom stereocenters. The van der Waals surface area contributed by atoms with Gasteiger partial charge in [0.25, 0.3) is 0 Å². The van der Waals surface area contributed by atoms with E-state index in [1.165, 1.54) is 58.3 Å². The quantitative estimate of drug-likeness (QED) is 0.142. The summed E-state index contributed by atoms with van der Waals surface area (Å²) in [7, 11) is 0. The van der Waals surface area contributed by atoms with Crippen LogP contribution in [-0.4, -0.2) is 15.0 Å². The lowest BCUT2D eigenvalue weighted by Crippen LogP contribution is -2.31. The molecule has 7 aromatic carbocycles. The van der Waals surface area contributed by atoms with Crippen molar-refractivity contribution in [3.8, 4) is 39.9 Å². The van der Waals surface area contributed by atoms with Crippen molar-refractivity contribution in [1.29, 1.82) is 0 Å². The molecule has 0 spiro atoms. The van der Waals surface area contributed by atoms with Crippen LogP contribution in [-0.2, 0) is 0 Å². The van der Waals surface area contributed by atoms with Crippen molar-refractivity contribution < 1.29 is 4.57 Å². The Morgan fingerprint density at radius 2 is 1.00 bits per heavy atom. The molecule has 0 aliphatic heterocycles. The third-order valence-electron chi connectivity index (χ3n) is 9.36. The van der Waals surface area contributed by atoms with Gasteiger partial charge >= 0.3 is 0 Å². The highest BCUT2D eigenvalue weighted by atomic mass is 32.1. The summed E-state index contributed by atoms with van der Waals surface area (Å²) in [5.74, 6) is 1.98. The third kappa shape index (κ3) is 4.59. The summed E-state index contributed by atoms with van der Waals surface area (Å²) >= 11 is 1.83. The number of benzene rings is 7. The van der Waals surface area contributed by atoms with Gasteiger partial charge in [-0.3, -0.25) is 0 Å². The summed E-state index contributed by atoms with van der Waals surface area (Å²) in [5, 5.41) is 8.59. The highest BCUT2D eigenvalue weighted by Gasteiger charge is 2.22. The molecule has 3 aromatic heterocycles. The molecule has 228 valence electrons. The first-order valence-electron chi connectivity index (χ1n) is 16.4. The van der Waals surface area contributed by atoms with Crippen molar-refractivity contribution in [2.75, 3.05) is 0 Å². The van der Waals surface area contributed by atoms with Gasteiger partial charge in [0.05, 0.1) is 10.8 Å². The minimum absolute atomic E-state index is 0.657. The maximum atomic E-state index is 5.04. The van der Waals surface area contributed by atoms with Crippen LogP contribution in [0.25, 0.3) is 92.5 Å². The van der Waals surface area contributed by atoms with E-state index >= 15 is 0 Å². The standard InChI is InChI=1S/C44H27N4S/c1-3-13-29(14-4-1)42-45-43(30-15-5-2-6-16-30)47-44(46-42)31-22-24-38-35(26-31)41-39(49-38)25-23-37-40(41)34-20-10-8-17-32(34)27-48(37)36-21-11-18-28-12-7-9-19-33(28)36/h1-27H/q+1. The van der Waals surface area contributed by atoms with Crippen LogP contribution < -0.4 is 4.57 Å². The van der Waals surface area contributed by atoms with Gasteiger partial charge in [-0.1, -0.05) is 109 Å². The van der Waals surface area contributed by atoms with Crippen LogP contribution in [0.5, 0.6) is 0 Å². The van der Waals surface area contributed by atoms with Gasteiger partial charge in [-0.25, -0.2) is 15.0 Å². The van der Waals surface area contributed by atoms with E-state index in [4.69, 9.17) is 15.0 Å². The van der Waals surface area contributed by atoms with E-state index < -0.39 is 0 Å². The van der Waals surface area contributed by atoms with Gasteiger partial charge in [0.2, 0.25) is 11.2 Å². The van der Waals surface area contributed by atoms with Gasteiger partial charge in [0.15, 0.2) is 23.7 Å². The number of rotatable bonds is 4. The molecule has 0 N–H and O–H groups in total. The lowest BCUT2D eigenvalue weighted by Gasteiger charge is -2.10. The van der Waals surface area contributed by atoms with Crippen molar-refractivity contribution in [3.63, 3.8) is 0 Å². The fraction of sp³-hybridized carbons (Fsp3) is 0. The Morgan fingerprint density at radius 1 is 0.408 bits per heavy atom. The molecular formula is C44H27N4S+. The number of hydrogen-bond acceptors (Lipinski definition) is 4. The Labute approximate surface area is 286 Å². The van der Waals surface area contributed by atoms with Gasteiger partial charge in [-0.05, 0) is 41.8 Å². The molecule has 10 aromatic rings. The Hall–Kier alpha value is -6.30. The predicted molar refractivity (Wildman–Crippen MR) is 203 cm³/mol. The number of hydrogen-bond donors (Lipinski definition) is 0. The van der Waals surface area contributed by atoms with E-state index in [0.717, 1.165) is 16.7 Å². The summed E-state index contributed by atoms with van der Waals surface area (Å²) in [6.07, 6.45) is 2.28. The minimum atomic E-state index is 0.657. The molecule has 3 heterocycles. The zero-order valence-electron chi connectivity index (χ0n) is 26.3. The normalized spacial score (nSPS) is 11.7. The van der Waals surface area contributed by atoms with Crippen LogP contribution in [0.15, 0.2) is 164 Å². The number of pyridine rings is 1. The monoisotopic (exact) mass is 643 g/mol. The molecule has 5 heteroatoms. The third-order valence-corrected chi connectivity index (χ3v) is 10.5. The molecule has 0 saturated heterocycles. The summed E-state index contributed by atoms with van der Waals surface area (Å²) in [4.78, 5) is 15.0. The van der Waals surface area contributed by atoms with Gasteiger partial charge in [0, 0.05) is 59.8 Å². The van der Waals surface area contributed by atoms with E-state index in [-0.39, 0.29) is 0 Å². The highest BCUT2D eigenvalue weighted by Crippen LogP contribution is 2.42. The van der Waals surface area contributed by atoms with Crippen molar-refractivity contribution in [1.82, 2.24) is 15.0 Å². The molecule has 10 rings (SSSR count). The van der Waals surface area contributed by atoms with Crippen molar-refractivity contribution >= 4 is 64.0 Å². The average molecular weight is 644 g/mol. The topological polar surface area (TPSA) is 42.5 Å². The highest BCUT2D eigenvalue weighted by molar-refractivity contribution is 7.26. The summed E-state index contributed by atoms with van der Waals surface area (Å²) in [6, 6.07) is 55.4. The number of nitrogens with zero attached hydrogens (tertiary/aromatic N) is 4. The second-order valence-corrected chi connectivity index (χ2v) is 13.4. The largest absolute Gasteiger partial charge is 0.219 e. The molecule has 0 bridgehead atoms. The molecule has 0 aliphatic rings. The van der Waals surface area contributed by atoms with Crippen LogP contribution in [0.2, 0.25) is 0 Å². The number of aromatic nitrogens is 4. The van der Waals surface area contributed by atoms with E-state index in [1.54, 1.807) is 0 Å². The second-order valence-electron chi connectivity index (χ2n) is 12.3. The lowest BCUT2D eigenvalue weighted by atomic mass is 9.99. The molecule has 0 amide bonds. The van der Waals surface area contributed by atoms with Crippen LogP contribution in [0, 0.1) is 0 Å². The van der Waals surface area contributed by atoms with Gasteiger partial charge in [-0.15, -0.1) is 11.3 Å². The van der Waals surface area contributed by atoms with Crippen molar-refractivity contribution in [2.24, 2.45) is 0 Å². The van der Waals surface area contributed by atoms with E-state index in [2.05, 4.69) is 108 Å². The van der Waals surface area contributed by atoms with Crippen molar-refractivity contribution in [2.45, 2.75) is 0 Å². The molecule has 0 radical (unpaired) electrons. The van der Waals surface area contributed by atoms with E-state index in [0.29, 0.717) is 17.5 Å². The van der Waals surface area contributed by atoms with Crippen LogP contribution in [0.3, 0.4) is 0 Å². The SMILES string of the molecule is c1ccc(-c2nc(-c3ccccc3)nc(-c3ccc4sc5ccc6c(c7ccccc7c[n+]6-c6cccc7ccccc67)c5c4c3)n2)cc1. The van der Waals surface area contributed by atoms with Crippen LogP contribution in [0.4, 0.5) is 0 Å². The first-order chi connectivity index (χ1) is 24.3. The van der Waals surface area contributed by atoms with E-state index in [1.807, 2.05) is 72.0 Å². The Morgan fingerprint density at radius 3 is 1.73 bits per heavy atom. The van der Waals surface area contributed by atoms with E-state index in [9.17, 15) is 0 Å². The smallest absolute Gasteiger partial charge is 0.208 e. The lowest BCUT2D eigenvalue weighted by molar-refractivity contribution is -0.564. The maximum Gasteiger partial charge on any atom is 0.219 e. The molecule has 49 heavy (non-hydrogen) atoms. The fourth-order valence-corrected chi connectivity index (χ4v) is 8.17. The molecule has 0 fully saturated rings. The Balaban J connectivity index is 1.26. The summed E-state index contributed by atoms with van der Waals surface area (Å²) in [6.45, 7) is 0. The number of thiophene rings is 1. The second kappa shape index (κ2) is 11.2. The zero-order valence-corrected chi connectivity index (χ0v) is 27.1. The van der Waals surface area contributed by atoms with Crippen LogP contribution >= 0.6 is 11.3 Å². The van der Waals surface area contributed by atoms with Crippen LogP contribution in [0.1, 0.15) is 0 Å². The summed E-state index contributed by atoms with van der Waals surface area (Å²) in [5.41, 5.74) is 5.22. The fourth-order valence-electron chi connectivity index (χ4n) is 7.07. The first-order valence-corrected chi connectivity index (χ1v) is 17.2. The van der Waals surface area contributed by atoms with Gasteiger partial charge < -0.3 is 0 Å². The first kappa shape index (κ1) is 27.8. The van der Waals surface area contributed by atoms with Gasteiger partial charge in [-0.2, -0.15) is 4.57 Å². The zero-order chi connectivity index (χ0) is 32.3. The average Bonchev–Trinajstić information content (AvgIpc) is 3.56. The maximum absolute atomic E-state index is 5.04. The summed E-state index contributed by atoms with van der Waals surface area (Å²) < 4.78 is 4.86.